The minimum atomic E-state index is -4.01. The molecule has 158 valence electrons. The van der Waals surface area contributed by atoms with E-state index in [0.717, 1.165) is 31.0 Å². The molecule has 0 atom stereocenters. The number of halogens is 1. The van der Waals surface area contributed by atoms with Crippen LogP contribution in [0.5, 0.6) is 0 Å². The van der Waals surface area contributed by atoms with Crippen LogP contribution < -0.4 is 4.72 Å². The van der Waals surface area contributed by atoms with Crippen molar-refractivity contribution in [2.75, 3.05) is 32.7 Å². The molecule has 1 aliphatic carbocycles. The topological polar surface area (TPSA) is 86.8 Å². The van der Waals surface area contributed by atoms with Gasteiger partial charge in [-0.05, 0) is 34.6 Å². The number of carbonyl (C=O) groups excluding carboxylic acids is 2. The highest BCUT2D eigenvalue weighted by Crippen LogP contribution is 2.31. The molecule has 1 saturated heterocycles. The largest absolute Gasteiger partial charge is 0.364 e. The average Bonchev–Trinajstić information content (AvgIpc) is 3.19. The number of fused-ring (bicyclic) bond motifs is 1. The van der Waals surface area contributed by atoms with E-state index >= 15 is 0 Å². The summed E-state index contributed by atoms with van der Waals surface area (Å²) < 4.78 is 29.1. The molecule has 2 aromatic rings. The van der Waals surface area contributed by atoms with E-state index in [4.69, 9.17) is 0 Å². The van der Waals surface area contributed by atoms with Crippen LogP contribution in [-0.2, 0) is 10.0 Å². The standard InChI is InChI=1S/C20H20BrN3O4S2/c1-2-23-9-11-24(12-10-23)18-17(22-30(27,28)16-8-7-15(21)29-16)19(25)13-5-3-4-6-14(13)20(18)26/h3-8,22H,2,9-12H2,1H3. The number of nitrogens with zero attached hydrogens (tertiary/aromatic N) is 2. The van der Waals surface area contributed by atoms with Gasteiger partial charge in [0.25, 0.3) is 10.0 Å². The summed E-state index contributed by atoms with van der Waals surface area (Å²) in [5.74, 6) is -0.822. The molecule has 1 aromatic carbocycles. The minimum Gasteiger partial charge on any atom is -0.364 e. The monoisotopic (exact) mass is 509 g/mol. The van der Waals surface area contributed by atoms with Crippen molar-refractivity contribution in [2.24, 2.45) is 0 Å². The van der Waals surface area contributed by atoms with Crippen molar-refractivity contribution in [3.63, 3.8) is 0 Å². The molecule has 0 radical (unpaired) electrons. The zero-order valence-corrected chi connectivity index (χ0v) is 19.4. The molecule has 4 rings (SSSR count). The van der Waals surface area contributed by atoms with Gasteiger partial charge in [0.1, 0.15) is 15.6 Å². The molecule has 0 unspecified atom stereocenters. The number of carbonyl (C=O) groups is 2. The van der Waals surface area contributed by atoms with E-state index in [0.29, 0.717) is 22.4 Å². The molecule has 1 fully saturated rings. The molecule has 1 N–H and O–H groups in total. The number of rotatable bonds is 5. The quantitative estimate of drug-likeness (QED) is 0.666. The number of benzene rings is 1. The van der Waals surface area contributed by atoms with Gasteiger partial charge in [-0.15, -0.1) is 11.3 Å². The Kier molecular flexibility index (Phi) is 5.84. The number of ketones is 2. The zero-order valence-electron chi connectivity index (χ0n) is 16.2. The summed E-state index contributed by atoms with van der Waals surface area (Å²) in [4.78, 5) is 30.7. The molecule has 2 heterocycles. The van der Waals surface area contributed by atoms with Crippen molar-refractivity contribution < 1.29 is 18.0 Å². The van der Waals surface area contributed by atoms with Gasteiger partial charge in [0.15, 0.2) is 0 Å². The third kappa shape index (κ3) is 3.84. The van der Waals surface area contributed by atoms with Crippen LogP contribution in [0.2, 0.25) is 0 Å². The molecule has 2 aliphatic rings. The maximum atomic E-state index is 13.3. The van der Waals surface area contributed by atoms with Crippen LogP contribution in [0.25, 0.3) is 0 Å². The molecular weight excluding hydrogens is 490 g/mol. The van der Waals surface area contributed by atoms with Crippen molar-refractivity contribution in [1.29, 1.82) is 0 Å². The van der Waals surface area contributed by atoms with Crippen LogP contribution in [0.15, 0.2) is 55.8 Å². The highest BCUT2D eigenvalue weighted by molar-refractivity contribution is 9.11. The van der Waals surface area contributed by atoms with E-state index in [-0.39, 0.29) is 26.9 Å². The molecule has 30 heavy (non-hydrogen) atoms. The molecule has 1 aliphatic heterocycles. The Labute approximate surface area is 187 Å². The third-order valence-corrected chi connectivity index (χ3v) is 8.75. The van der Waals surface area contributed by atoms with Gasteiger partial charge in [0.2, 0.25) is 11.6 Å². The molecular formula is C20H20BrN3O4S2. The number of nitrogens with one attached hydrogen (secondary N) is 1. The SMILES string of the molecule is CCN1CCN(C2=C(NS(=O)(=O)c3ccc(Br)s3)C(=O)c3ccccc3C2=O)CC1. The summed E-state index contributed by atoms with van der Waals surface area (Å²) in [6.45, 7) is 5.52. The molecule has 1 aromatic heterocycles. The first kappa shape index (κ1) is 21.2. The maximum absolute atomic E-state index is 13.3. The first-order chi connectivity index (χ1) is 14.3. The zero-order chi connectivity index (χ0) is 21.5. The van der Waals surface area contributed by atoms with Gasteiger partial charge >= 0.3 is 0 Å². The second kappa shape index (κ2) is 8.26. The molecule has 0 amide bonds. The average molecular weight is 510 g/mol. The predicted octanol–water partition coefficient (Wildman–Crippen LogP) is 2.72. The van der Waals surface area contributed by atoms with Crippen molar-refractivity contribution in [2.45, 2.75) is 11.1 Å². The van der Waals surface area contributed by atoms with E-state index in [1.165, 1.54) is 6.07 Å². The van der Waals surface area contributed by atoms with Crippen molar-refractivity contribution >= 4 is 48.9 Å². The third-order valence-electron chi connectivity index (χ3n) is 5.28. The summed E-state index contributed by atoms with van der Waals surface area (Å²) in [5, 5.41) is 0. The molecule has 7 nitrogen and oxygen atoms in total. The van der Waals surface area contributed by atoms with Crippen molar-refractivity contribution in [3.8, 4) is 0 Å². The summed E-state index contributed by atoms with van der Waals surface area (Å²) >= 11 is 4.30. The van der Waals surface area contributed by atoms with E-state index < -0.39 is 15.8 Å². The first-order valence-electron chi connectivity index (χ1n) is 9.50. The normalized spacial score (nSPS) is 18.0. The van der Waals surface area contributed by atoms with E-state index in [1.54, 1.807) is 30.3 Å². The Morgan fingerprint density at radius 2 is 1.63 bits per heavy atom. The Morgan fingerprint density at radius 1 is 1.00 bits per heavy atom. The van der Waals surface area contributed by atoms with Crippen LogP contribution in [0, 0.1) is 0 Å². The fraction of sp³-hybridized carbons (Fsp3) is 0.300. The number of Topliss-reactive ketones (excluding diaryl/α,β-unsaturated/α-hetero) is 2. The number of sulfonamides is 1. The number of hydrogen-bond donors (Lipinski definition) is 1. The number of likely N-dealkylation sites (N-methyl/N-ethyl adjacent to an activating group) is 1. The lowest BCUT2D eigenvalue weighted by Gasteiger charge is -2.38. The number of hydrogen-bond acceptors (Lipinski definition) is 7. The molecule has 0 bridgehead atoms. The van der Waals surface area contributed by atoms with Gasteiger partial charge in [-0.2, -0.15) is 0 Å². The fourth-order valence-electron chi connectivity index (χ4n) is 3.67. The highest BCUT2D eigenvalue weighted by atomic mass is 79.9. The highest BCUT2D eigenvalue weighted by Gasteiger charge is 2.38. The lowest BCUT2D eigenvalue weighted by molar-refractivity contribution is 0.0905. The maximum Gasteiger partial charge on any atom is 0.271 e. The number of thiophene rings is 1. The van der Waals surface area contributed by atoms with Crippen LogP contribution in [0.3, 0.4) is 0 Å². The predicted molar refractivity (Wildman–Crippen MR) is 118 cm³/mol. The van der Waals surface area contributed by atoms with Gasteiger partial charge < -0.3 is 9.80 Å². The van der Waals surface area contributed by atoms with Gasteiger partial charge in [0.05, 0.1) is 3.79 Å². The van der Waals surface area contributed by atoms with Crippen LogP contribution >= 0.6 is 27.3 Å². The second-order valence-corrected chi connectivity index (χ2v) is 11.4. The molecule has 0 saturated carbocycles. The fourth-order valence-corrected chi connectivity index (χ4v) is 6.75. The minimum absolute atomic E-state index is 0.0659. The van der Waals surface area contributed by atoms with Gasteiger partial charge in [-0.3, -0.25) is 14.3 Å². The van der Waals surface area contributed by atoms with Crippen LogP contribution in [0.4, 0.5) is 0 Å². The van der Waals surface area contributed by atoms with Crippen molar-refractivity contribution in [1.82, 2.24) is 14.5 Å². The van der Waals surface area contributed by atoms with Crippen molar-refractivity contribution in [3.05, 3.63) is 62.7 Å². The lowest BCUT2D eigenvalue weighted by atomic mass is 9.90. The summed E-state index contributed by atoms with van der Waals surface area (Å²) in [6.07, 6.45) is 0. The second-order valence-electron chi connectivity index (χ2n) is 7.01. The van der Waals surface area contributed by atoms with E-state index in [2.05, 4.69) is 32.5 Å². The molecule has 0 spiro atoms. The Hall–Kier alpha value is -2.01. The van der Waals surface area contributed by atoms with Gasteiger partial charge in [-0.1, -0.05) is 31.2 Å². The van der Waals surface area contributed by atoms with Gasteiger partial charge in [-0.25, -0.2) is 8.42 Å². The Bertz CT molecular complexity index is 1150. The van der Waals surface area contributed by atoms with E-state index in [9.17, 15) is 18.0 Å². The smallest absolute Gasteiger partial charge is 0.271 e. The van der Waals surface area contributed by atoms with Crippen LogP contribution in [0.1, 0.15) is 27.6 Å². The number of allylic oxidation sites excluding steroid dienone is 2. The van der Waals surface area contributed by atoms with Crippen LogP contribution in [-0.4, -0.2) is 62.5 Å². The van der Waals surface area contributed by atoms with Gasteiger partial charge in [0, 0.05) is 37.3 Å². The summed E-state index contributed by atoms with van der Waals surface area (Å²) in [6, 6.07) is 9.62. The molecule has 10 heteroatoms. The Morgan fingerprint density at radius 3 is 2.20 bits per heavy atom. The summed E-state index contributed by atoms with van der Waals surface area (Å²) in [5.41, 5.74) is 0.475. The lowest BCUT2D eigenvalue weighted by Crippen LogP contribution is -2.49. The van der Waals surface area contributed by atoms with E-state index in [1.807, 2.05) is 4.90 Å². The summed E-state index contributed by atoms with van der Waals surface area (Å²) in [7, 11) is -4.01. The first-order valence-corrected chi connectivity index (χ1v) is 12.6. The Balaban J connectivity index is 1.79. The number of piperazine rings is 1.